The second kappa shape index (κ2) is 6.70. The zero-order valence-electron chi connectivity index (χ0n) is 13.3. The van der Waals surface area contributed by atoms with Crippen LogP contribution in [-0.2, 0) is 27.6 Å². The van der Waals surface area contributed by atoms with Crippen LogP contribution in [0.3, 0.4) is 0 Å². The topological polar surface area (TPSA) is 67.4 Å². The summed E-state index contributed by atoms with van der Waals surface area (Å²) in [5.41, 5.74) is 2.33. The summed E-state index contributed by atoms with van der Waals surface area (Å²) in [6, 6.07) is 8.84. The Labute approximate surface area is 151 Å². The molecule has 1 aromatic carbocycles. The van der Waals surface area contributed by atoms with Crippen molar-refractivity contribution in [3.63, 3.8) is 0 Å². The van der Waals surface area contributed by atoms with Gasteiger partial charge in [0.15, 0.2) is 0 Å². The van der Waals surface area contributed by atoms with E-state index in [0.29, 0.717) is 21.5 Å². The van der Waals surface area contributed by atoms with Crippen molar-refractivity contribution in [3.05, 3.63) is 40.8 Å². The minimum Gasteiger partial charge on any atom is -0.467 e. The van der Waals surface area contributed by atoms with Gasteiger partial charge in [-0.1, -0.05) is 6.92 Å². The van der Waals surface area contributed by atoms with E-state index >= 15 is 0 Å². The third kappa shape index (κ3) is 3.71. The summed E-state index contributed by atoms with van der Waals surface area (Å²) in [5.74, 6) is 0. The van der Waals surface area contributed by atoms with Gasteiger partial charge in [-0.25, -0.2) is 8.42 Å². The maximum Gasteiger partial charge on any atom is 0.271 e. The summed E-state index contributed by atoms with van der Waals surface area (Å²) in [5, 5.41) is 3.35. The SMILES string of the molecule is CCc1ccc(S(=O)(=O)Nc2ccc3c(c2)CC(C)OC(=S)N3)s1. The molecule has 0 spiro atoms. The first kappa shape index (κ1) is 17.2. The van der Waals surface area contributed by atoms with Gasteiger partial charge >= 0.3 is 0 Å². The molecule has 128 valence electrons. The molecule has 0 radical (unpaired) electrons. The van der Waals surface area contributed by atoms with Crippen molar-refractivity contribution in [1.82, 2.24) is 0 Å². The zero-order chi connectivity index (χ0) is 17.3. The Morgan fingerprint density at radius 3 is 2.88 bits per heavy atom. The minimum absolute atomic E-state index is 0.0671. The van der Waals surface area contributed by atoms with E-state index in [9.17, 15) is 8.42 Å². The third-order valence-corrected chi connectivity index (χ3v) is 6.96. The summed E-state index contributed by atoms with van der Waals surface area (Å²) in [7, 11) is -3.57. The van der Waals surface area contributed by atoms with Crippen LogP contribution in [0.4, 0.5) is 11.4 Å². The molecule has 1 atom stereocenters. The first-order valence-electron chi connectivity index (χ1n) is 7.59. The first-order valence-corrected chi connectivity index (χ1v) is 10.3. The Bertz CT molecular complexity index is 874. The van der Waals surface area contributed by atoms with Gasteiger partial charge in [0.2, 0.25) is 0 Å². The van der Waals surface area contributed by atoms with E-state index in [1.54, 1.807) is 12.1 Å². The molecule has 24 heavy (non-hydrogen) atoms. The fourth-order valence-electron chi connectivity index (χ4n) is 2.52. The lowest BCUT2D eigenvalue weighted by Gasteiger charge is -2.11. The largest absolute Gasteiger partial charge is 0.467 e. The average molecular weight is 383 g/mol. The van der Waals surface area contributed by atoms with Crippen molar-refractivity contribution in [2.24, 2.45) is 0 Å². The number of sulfonamides is 1. The van der Waals surface area contributed by atoms with Crippen LogP contribution in [-0.4, -0.2) is 19.7 Å². The summed E-state index contributed by atoms with van der Waals surface area (Å²) in [4.78, 5) is 1.04. The van der Waals surface area contributed by atoms with E-state index in [4.69, 9.17) is 17.0 Å². The van der Waals surface area contributed by atoms with Crippen molar-refractivity contribution >= 4 is 50.1 Å². The molecule has 0 saturated carbocycles. The number of thiocarbonyl (C=S) groups is 1. The number of nitrogens with one attached hydrogen (secondary N) is 2. The predicted molar refractivity (Wildman–Crippen MR) is 101 cm³/mol. The van der Waals surface area contributed by atoms with Crippen molar-refractivity contribution in [2.75, 3.05) is 10.0 Å². The number of benzene rings is 1. The molecule has 1 aliphatic rings. The van der Waals surface area contributed by atoms with Gasteiger partial charge in [-0.05, 0) is 61.5 Å². The molecular formula is C16H18N2O3S3. The van der Waals surface area contributed by atoms with Gasteiger partial charge in [-0.2, -0.15) is 0 Å². The highest BCUT2D eigenvalue weighted by molar-refractivity contribution is 7.94. The Morgan fingerprint density at radius 1 is 1.38 bits per heavy atom. The number of hydrogen-bond acceptors (Lipinski definition) is 5. The molecule has 2 heterocycles. The summed E-state index contributed by atoms with van der Waals surface area (Å²) in [6.07, 6.45) is 1.40. The molecule has 1 aromatic heterocycles. The van der Waals surface area contributed by atoms with Crippen LogP contribution >= 0.6 is 23.6 Å². The van der Waals surface area contributed by atoms with Gasteiger partial charge in [-0.3, -0.25) is 4.72 Å². The fraction of sp³-hybridized carbons (Fsp3) is 0.312. The van der Waals surface area contributed by atoms with E-state index in [-0.39, 0.29) is 6.10 Å². The maximum absolute atomic E-state index is 12.5. The van der Waals surface area contributed by atoms with Crippen molar-refractivity contribution in [3.8, 4) is 0 Å². The zero-order valence-corrected chi connectivity index (χ0v) is 15.8. The summed E-state index contributed by atoms with van der Waals surface area (Å²) in [6.45, 7) is 3.93. The number of hydrogen-bond donors (Lipinski definition) is 2. The highest BCUT2D eigenvalue weighted by Crippen LogP contribution is 2.28. The van der Waals surface area contributed by atoms with Gasteiger partial charge in [0.25, 0.3) is 15.2 Å². The summed E-state index contributed by atoms with van der Waals surface area (Å²) < 4.78 is 33.5. The smallest absolute Gasteiger partial charge is 0.271 e. The van der Waals surface area contributed by atoms with Gasteiger partial charge in [0.05, 0.1) is 0 Å². The molecule has 1 unspecified atom stereocenters. The number of ether oxygens (including phenoxy) is 1. The fourth-order valence-corrected chi connectivity index (χ4v) is 5.14. The normalized spacial score (nSPS) is 17.4. The molecule has 2 aromatic rings. The molecule has 5 nitrogen and oxygen atoms in total. The Kier molecular flexibility index (Phi) is 4.80. The molecular weight excluding hydrogens is 364 g/mol. The molecule has 2 N–H and O–H groups in total. The Balaban J connectivity index is 1.87. The van der Waals surface area contributed by atoms with Crippen molar-refractivity contribution < 1.29 is 13.2 Å². The van der Waals surface area contributed by atoms with Crippen LogP contribution < -0.4 is 10.0 Å². The molecule has 0 aliphatic carbocycles. The number of rotatable bonds is 4. The summed E-state index contributed by atoms with van der Waals surface area (Å²) >= 11 is 6.39. The van der Waals surface area contributed by atoms with Gasteiger partial charge in [-0.15, -0.1) is 11.3 Å². The second-order valence-electron chi connectivity index (χ2n) is 5.60. The van der Waals surface area contributed by atoms with Crippen LogP contribution in [0.5, 0.6) is 0 Å². The molecule has 0 bridgehead atoms. The first-order chi connectivity index (χ1) is 11.4. The lowest BCUT2D eigenvalue weighted by Crippen LogP contribution is -2.16. The van der Waals surface area contributed by atoms with Crippen LogP contribution in [0.15, 0.2) is 34.5 Å². The average Bonchev–Trinajstić information content (AvgIpc) is 2.94. The van der Waals surface area contributed by atoms with Crippen LogP contribution in [0.1, 0.15) is 24.3 Å². The van der Waals surface area contributed by atoms with E-state index in [0.717, 1.165) is 22.5 Å². The molecule has 0 amide bonds. The number of anilines is 2. The van der Waals surface area contributed by atoms with Crippen molar-refractivity contribution in [1.29, 1.82) is 0 Å². The maximum atomic E-state index is 12.5. The molecule has 8 heteroatoms. The number of thiophene rings is 1. The van der Waals surface area contributed by atoms with E-state index < -0.39 is 10.0 Å². The quantitative estimate of drug-likeness (QED) is 0.788. The monoisotopic (exact) mass is 382 g/mol. The molecule has 0 saturated heterocycles. The van der Waals surface area contributed by atoms with Crippen molar-refractivity contribution in [2.45, 2.75) is 37.0 Å². The van der Waals surface area contributed by atoms with E-state index in [1.165, 1.54) is 11.3 Å². The number of aryl methyl sites for hydroxylation is 1. The second-order valence-corrected chi connectivity index (χ2v) is 9.05. The predicted octanol–water partition coefficient (Wildman–Crippen LogP) is 3.77. The van der Waals surface area contributed by atoms with Crippen LogP contribution in [0, 0.1) is 0 Å². The molecule has 0 fully saturated rings. The van der Waals surface area contributed by atoms with E-state index in [1.807, 2.05) is 32.0 Å². The van der Waals surface area contributed by atoms with E-state index in [2.05, 4.69) is 10.0 Å². The number of fused-ring (bicyclic) bond motifs is 1. The highest BCUT2D eigenvalue weighted by atomic mass is 32.2. The molecule has 3 rings (SSSR count). The Morgan fingerprint density at radius 2 is 2.17 bits per heavy atom. The minimum atomic E-state index is -3.57. The Hall–Kier alpha value is -1.64. The highest BCUT2D eigenvalue weighted by Gasteiger charge is 2.20. The molecule has 1 aliphatic heterocycles. The standard InChI is InChI=1S/C16H18N2O3S3/c1-3-13-5-7-15(23-13)24(19,20)18-12-4-6-14-11(9-12)8-10(2)21-16(22)17-14/h4-7,9-10,18H,3,8H2,1-2H3,(H,17,22). The van der Waals surface area contributed by atoms with Crippen LogP contribution in [0.2, 0.25) is 0 Å². The van der Waals surface area contributed by atoms with Gasteiger partial charge < -0.3 is 10.1 Å². The van der Waals surface area contributed by atoms with Gasteiger partial charge in [0, 0.05) is 22.7 Å². The van der Waals surface area contributed by atoms with Crippen LogP contribution in [0.25, 0.3) is 0 Å². The lowest BCUT2D eigenvalue weighted by atomic mass is 10.1. The lowest BCUT2D eigenvalue weighted by molar-refractivity contribution is 0.217. The third-order valence-electron chi connectivity index (χ3n) is 3.66. The van der Waals surface area contributed by atoms with Gasteiger partial charge in [0.1, 0.15) is 10.3 Å².